The summed E-state index contributed by atoms with van der Waals surface area (Å²) in [5.74, 6) is -1.09. The fourth-order valence-electron chi connectivity index (χ4n) is 2.37. The topological polar surface area (TPSA) is 93.2 Å². The molecule has 0 aromatic rings. The zero-order chi connectivity index (χ0) is 22.4. The van der Waals surface area contributed by atoms with E-state index >= 15 is 0 Å². The van der Waals surface area contributed by atoms with E-state index in [1.807, 2.05) is 0 Å². The second kappa shape index (κ2) is 14.4. The second-order valence-corrected chi connectivity index (χ2v) is 6.65. The largest absolute Gasteiger partial charge is 0.460 e. The maximum absolute atomic E-state index is 12.1. The maximum atomic E-state index is 12.1. The zero-order valence-electron chi connectivity index (χ0n) is 18.1. The van der Waals surface area contributed by atoms with E-state index in [1.165, 1.54) is 0 Å². The molecule has 0 N–H and O–H groups in total. The minimum atomic E-state index is -0.488. The number of nitrogens with zero attached hydrogens (tertiary/aromatic N) is 2. The zero-order valence-corrected chi connectivity index (χ0v) is 18.1. The summed E-state index contributed by atoms with van der Waals surface area (Å²) in [6, 6.07) is 0. The Morgan fingerprint density at radius 2 is 1.03 bits per heavy atom. The van der Waals surface area contributed by atoms with Gasteiger partial charge in [0.05, 0.1) is 13.1 Å². The number of hydrogen-bond donors (Lipinski definition) is 0. The Bertz CT molecular complexity index is 562. The fraction of sp³-hybridized carbons (Fsp3) is 0.619. The molecule has 0 bridgehead atoms. The van der Waals surface area contributed by atoms with Crippen LogP contribution < -0.4 is 0 Å². The van der Waals surface area contributed by atoms with Crippen molar-refractivity contribution < 1.29 is 28.7 Å². The van der Waals surface area contributed by atoms with Crippen molar-refractivity contribution in [3.63, 3.8) is 0 Å². The Balaban J connectivity index is 4.60. The molecule has 2 amide bonds. The highest BCUT2D eigenvalue weighted by Crippen LogP contribution is 2.03. The average molecular weight is 411 g/mol. The highest BCUT2D eigenvalue weighted by atomic mass is 16.5. The van der Waals surface area contributed by atoms with Crippen LogP contribution in [0, 0.1) is 0 Å². The molecule has 8 nitrogen and oxygen atoms in total. The molecule has 29 heavy (non-hydrogen) atoms. The monoisotopic (exact) mass is 410 g/mol. The van der Waals surface area contributed by atoms with Crippen LogP contribution in [0.15, 0.2) is 24.3 Å². The summed E-state index contributed by atoms with van der Waals surface area (Å²) in [6.45, 7) is 15.3. The molecule has 0 spiro atoms. The van der Waals surface area contributed by atoms with E-state index in [9.17, 15) is 19.2 Å². The van der Waals surface area contributed by atoms with E-state index in [2.05, 4.69) is 13.2 Å². The van der Waals surface area contributed by atoms with Crippen LogP contribution in [0.3, 0.4) is 0 Å². The average Bonchev–Trinajstić information content (AvgIpc) is 2.69. The maximum Gasteiger partial charge on any atom is 0.333 e. The Morgan fingerprint density at radius 1 is 0.690 bits per heavy atom. The molecule has 0 heterocycles. The number of amides is 2. The Morgan fingerprint density at radius 3 is 1.31 bits per heavy atom. The summed E-state index contributed by atoms with van der Waals surface area (Å²) < 4.78 is 10.1. The molecule has 0 radical (unpaired) electrons. The molecule has 0 aromatic heterocycles. The van der Waals surface area contributed by atoms with Gasteiger partial charge in [0.15, 0.2) is 0 Å². The Kier molecular flexibility index (Phi) is 13.1. The number of hydrogen-bond acceptors (Lipinski definition) is 6. The van der Waals surface area contributed by atoms with Gasteiger partial charge >= 0.3 is 11.9 Å². The molecule has 0 aliphatic carbocycles. The van der Waals surface area contributed by atoms with E-state index in [0.29, 0.717) is 43.5 Å². The van der Waals surface area contributed by atoms with Crippen molar-refractivity contribution in [2.75, 3.05) is 39.4 Å². The van der Waals surface area contributed by atoms with Crippen molar-refractivity contribution in [3.05, 3.63) is 24.3 Å². The van der Waals surface area contributed by atoms with Gasteiger partial charge in [-0.25, -0.2) is 9.59 Å². The van der Waals surface area contributed by atoms with Crippen LogP contribution in [0.2, 0.25) is 0 Å². The highest BCUT2D eigenvalue weighted by Gasteiger charge is 2.16. The molecule has 0 aliphatic rings. The third kappa shape index (κ3) is 11.1. The van der Waals surface area contributed by atoms with Gasteiger partial charge in [-0.2, -0.15) is 0 Å². The van der Waals surface area contributed by atoms with Crippen molar-refractivity contribution in [3.8, 4) is 0 Å². The van der Waals surface area contributed by atoms with E-state index in [0.717, 1.165) is 0 Å². The van der Waals surface area contributed by atoms with E-state index < -0.39 is 11.9 Å². The standard InChI is InChI=1S/C21H34N2O6/c1-7-18(24)22(12-14-28-20(26)16(3)4)10-9-11-23(19(25)8-2)13-15-29-21(27)17(5)6/h3,5,7-15H2,1-2,4,6H3. The predicted octanol–water partition coefficient (Wildman–Crippen LogP) is 2.09. The first kappa shape index (κ1) is 26.4. The second-order valence-electron chi connectivity index (χ2n) is 6.65. The van der Waals surface area contributed by atoms with Crippen LogP contribution in [0.4, 0.5) is 0 Å². The minimum Gasteiger partial charge on any atom is -0.460 e. The molecule has 0 saturated heterocycles. The van der Waals surface area contributed by atoms with Gasteiger partial charge in [-0.05, 0) is 20.3 Å². The molecule has 8 heteroatoms. The SMILES string of the molecule is C=C(C)C(=O)OCCN(CCCN(CCOC(=O)C(=C)C)C(=O)CC)C(=O)CC. The third-order valence-corrected chi connectivity index (χ3v) is 4.05. The number of carbonyl (C=O) groups excluding carboxylic acids is 4. The molecule has 0 saturated carbocycles. The first-order valence-electron chi connectivity index (χ1n) is 9.84. The van der Waals surface area contributed by atoms with Crippen LogP contribution >= 0.6 is 0 Å². The van der Waals surface area contributed by atoms with Crippen LogP contribution in [-0.2, 0) is 28.7 Å². The summed E-state index contributed by atoms with van der Waals surface area (Å²) in [7, 11) is 0. The van der Waals surface area contributed by atoms with Crippen molar-refractivity contribution in [2.45, 2.75) is 47.0 Å². The van der Waals surface area contributed by atoms with Crippen molar-refractivity contribution in [1.82, 2.24) is 9.80 Å². The van der Waals surface area contributed by atoms with Gasteiger partial charge in [0.1, 0.15) is 13.2 Å². The Labute approximate surface area is 173 Å². The van der Waals surface area contributed by atoms with Crippen LogP contribution in [0.25, 0.3) is 0 Å². The lowest BCUT2D eigenvalue weighted by Gasteiger charge is -2.26. The molecule has 0 atom stereocenters. The molecule has 0 aliphatic heterocycles. The number of ether oxygens (including phenoxy) is 2. The first-order chi connectivity index (χ1) is 13.6. The smallest absolute Gasteiger partial charge is 0.333 e. The van der Waals surface area contributed by atoms with Gasteiger partial charge in [-0.3, -0.25) is 9.59 Å². The summed E-state index contributed by atoms with van der Waals surface area (Å²) in [5, 5.41) is 0. The van der Waals surface area contributed by atoms with Crippen LogP contribution in [0.1, 0.15) is 47.0 Å². The van der Waals surface area contributed by atoms with Crippen LogP contribution in [0.5, 0.6) is 0 Å². The van der Waals surface area contributed by atoms with E-state index in [-0.39, 0.29) is 38.1 Å². The molecule has 164 valence electrons. The molecular weight excluding hydrogens is 376 g/mol. The number of rotatable bonds is 14. The molecular formula is C21H34N2O6. The lowest BCUT2D eigenvalue weighted by atomic mass is 10.3. The third-order valence-electron chi connectivity index (χ3n) is 4.05. The molecule has 0 unspecified atom stereocenters. The van der Waals surface area contributed by atoms with Gasteiger partial charge in [0.25, 0.3) is 0 Å². The minimum absolute atomic E-state index is 0.0554. The fourth-order valence-corrected chi connectivity index (χ4v) is 2.37. The first-order valence-corrected chi connectivity index (χ1v) is 9.84. The summed E-state index contributed by atoms with van der Waals surface area (Å²) in [4.78, 5) is 50.4. The number of carbonyl (C=O) groups is 4. The van der Waals surface area contributed by atoms with Crippen molar-refractivity contribution >= 4 is 23.8 Å². The molecule has 0 fully saturated rings. The van der Waals surface area contributed by atoms with E-state index in [1.54, 1.807) is 37.5 Å². The number of esters is 2. The molecule has 0 rings (SSSR count). The summed E-state index contributed by atoms with van der Waals surface area (Å²) in [5.41, 5.74) is 0.610. The van der Waals surface area contributed by atoms with Crippen LogP contribution in [-0.4, -0.2) is 72.9 Å². The van der Waals surface area contributed by atoms with Gasteiger partial charge < -0.3 is 19.3 Å². The van der Waals surface area contributed by atoms with Crippen molar-refractivity contribution in [1.29, 1.82) is 0 Å². The lowest BCUT2D eigenvalue weighted by Crippen LogP contribution is -2.39. The highest BCUT2D eigenvalue weighted by molar-refractivity contribution is 5.87. The summed E-state index contributed by atoms with van der Waals surface area (Å²) in [6.07, 6.45) is 1.23. The molecule has 0 aromatic carbocycles. The normalized spacial score (nSPS) is 10.1. The predicted molar refractivity (Wildman–Crippen MR) is 110 cm³/mol. The summed E-state index contributed by atoms with van der Waals surface area (Å²) >= 11 is 0. The van der Waals surface area contributed by atoms with Gasteiger partial charge in [-0.15, -0.1) is 0 Å². The van der Waals surface area contributed by atoms with Gasteiger partial charge in [-0.1, -0.05) is 27.0 Å². The quantitative estimate of drug-likeness (QED) is 0.322. The Hall–Kier alpha value is -2.64. The van der Waals surface area contributed by atoms with Gasteiger partial charge in [0, 0.05) is 37.1 Å². The lowest BCUT2D eigenvalue weighted by molar-refractivity contribution is -0.142. The van der Waals surface area contributed by atoms with Crippen molar-refractivity contribution in [2.24, 2.45) is 0 Å². The van der Waals surface area contributed by atoms with E-state index in [4.69, 9.17) is 9.47 Å². The van der Waals surface area contributed by atoms with Gasteiger partial charge in [0.2, 0.25) is 11.8 Å².